The third kappa shape index (κ3) is 5.20. The van der Waals surface area contributed by atoms with E-state index in [4.69, 9.17) is 4.74 Å². The van der Waals surface area contributed by atoms with E-state index in [2.05, 4.69) is 6.08 Å². The lowest BCUT2D eigenvalue weighted by molar-refractivity contribution is 0.313. The molecule has 0 N–H and O–H groups in total. The fraction of sp³-hybridized carbons (Fsp3) is 0.417. The fourth-order valence-electron chi connectivity index (χ4n) is 4.02. The Bertz CT molecular complexity index is 854. The number of allylic oxidation sites excluding steroid dienone is 2. The van der Waals surface area contributed by atoms with Crippen molar-refractivity contribution < 1.29 is 22.3 Å². The minimum atomic E-state index is -0.934. The monoisotopic (exact) mass is 406 g/mol. The van der Waals surface area contributed by atoms with Gasteiger partial charge in [0.25, 0.3) is 0 Å². The normalized spacial score (nSPS) is 19.6. The van der Waals surface area contributed by atoms with Gasteiger partial charge in [-0.2, -0.15) is 4.39 Å². The molecular formula is C24H26F4O. The quantitative estimate of drug-likeness (QED) is 0.352. The molecule has 0 aliphatic heterocycles. The van der Waals surface area contributed by atoms with Crippen molar-refractivity contribution in [2.24, 2.45) is 5.92 Å². The maximum atomic E-state index is 14.1. The van der Waals surface area contributed by atoms with Crippen molar-refractivity contribution in [2.45, 2.75) is 51.4 Å². The summed E-state index contributed by atoms with van der Waals surface area (Å²) in [6.45, 7) is 2.00. The van der Waals surface area contributed by atoms with E-state index in [0.717, 1.165) is 31.7 Å². The average molecular weight is 406 g/mol. The predicted octanol–water partition coefficient (Wildman–Crippen LogP) is 7.10. The summed E-state index contributed by atoms with van der Waals surface area (Å²) in [6.07, 6.45) is 8.58. The van der Waals surface area contributed by atoms with E-state index >= 15 is 0 Å². The first kappa shape index (κ1) is 21.4. The average Bonchev–Trinajstić information content (AvgIpc) is 2.73. The number of aryl methyl sites for hydroxylation is 1. The van der Waals surface area contributed by atoms with Crippen LogP contribution >= 0.6 is 0 Å². The molecule has 156 valence electrons. The standard InChI is InChI=1S/C24H26F4O/c1-2-29-21-15-14-18(22(26)24(21)28)7-4-3-6-16-10-12-17(13-11-16)19-8-5-9-20(25)23(19)27/h3,5-6,8-9,14-17H,2,4,7,10-13H2,1H3/b6-3+. The molecule has 1 nitrogen and oxygen atoms in total. The second-order valence-corrected chi connectivity index (χ2v) is 7.51. The molecule has 0 atom stereocenters. The Morgan fingerprint density at radius 1 is 0.931 bits per heavy atom. The summed E-state index contributed by atoms with van der Waals surface area (Å²) in [5.41, 5.74) is 0.807. The topological polar surface area (TPSA) is 9.23 Å². The van der Waals surface area contributed by atoms with Gasteiger partial charge in [0.1, 0.15) is 0 Å². The molecule has 2 aromatic carbocycles. The van der Waals surface area contributed by atoms with E-state index in [9.17, 15) is 17.6 Å². The summed E-state index contributed by atoms with van der Waals surface area (Å²) in [7, 11) is 0. The zero-order valence-corrected chi connectivity index (χ0v) is 16.6. The van der Waals surface area contributed by atoms with Crippen molar-refractivity contribution in [1.82, 2.24) is 0 Å². The Balaban J connectivity index is 1.49. The summed E-state index contributed by atoms with van der Waals surface area (Å²) < 4.78 is 60.5. The summed E-state index contributed by atoms with van der Waals surface area (Å²) in [6, 6.07) is 7.41. The zero-order chi connectivity index (χ0) is 20.8. The molecule has 1 fully saturated rings. The molecule has 0 saturated heterocycles. The van der Waals surface area contributed by atoms with Crippen LogP contribution in [0.1, 0.15) is 56.1 Å². The number of benzene rings is 2. The number of halogens is 4. The van der Waals surface area contributed by atoms with Crippen molar-refractivity contribution in [3.63, 3.8) is 0 Å². The van der Waals surface area contributed by atoms with Crippen LogP contribution in [0.3, 0.4) is 0 Å². The molecule has 29 heavy (non-hydrogen) atoms. The molecule has 1 aliphatic rings. The number of ether oxygens (including phenoxy) is 1. The van der Waals surface area contributed by atoms with Gasteiger partial charge in [0.15, 0.2) is 23.2 Å². The highest BCUT2D eigenvalue weighted by Crippen LogP contribution is 2.37. The highest BCUT2D eigenvalue weighted by Gasteiger charge is 2.24. The first-order chi connectivity index (χ1) is 14.0. The molecule has 0 radical (unpaired) electrons. The van der Waals surface area contributed by atoms with Gasteiger partial charge >= 0.3 is 0 Å². The van der Waals surface area contributed by atoms with Gasteiger partial charge in [-0.25, -0.2) is 13.2 Å². The van der Waals surface area contributed by atoms with Gasteiger partial charge < -0.3 is 4.74 Å². The van der Waals surface area contributed by atoms with Gasteiger partial charge in [-0.1, -0.05) is 30.4 Å². The second-order valence-electron chi connectivity index (χ2n) is 7.51. The number of hydrogen-bond acceptors (Lipinski definition) is 1. The number of hydrogen-bond donors (Lipinski definition) is 0. The van der Waals surface area contributed by atoms with Gasteiger partial charge in [0.05, 0.1) is 6.61 Å². The Kier molecular flexibility index (Phi) is 7.34. The smallest absolute Gasteiger partial charge is 0.200 e. The van der Waals surface area contributed by atoms with Crippen LogP contribution in [-0.4, -0.2) is 6.61 Å². The zero-order valence-electron chi connectivity index (χ0n) is 16.6. The number of rotatable bonds is 7. The van der Waals surface area contributed by atoms with Crippen LogP contribution in [0.4, 0.5) is 17.6 Å². The van der Waals surface area contributed by atoms with Gasteiger partial charge in [0, 0.05) is 0 Å². The van der Waals surface area contributed by atoms with Crippen LogP contribution in [0.2, 0.25) is 0 Å². The van der Waals surface area contributed by atoms with E-state index in [1.807, 2.05) is 6.08 Å². The molecule has 3 rings (SSSR count). The summed E-state index contributed by atoms with van der Waals surface area (Å²) >= 11 is 0. The van der Waals surface area contributed by atoms with Crippen molar-refractivity contribution >= 4 is 0 Å². The Morgan fingerprint density at radius 2 is 1.69 bits per heavy atom. The molecule has 0 heterocycles. The van der Waals surface area contributed by atoms with E-state index in [0.29, 0.717) is 29.9 Å². The molecule has 0 aromatic heterocycles. The van der Waals surface area contributed by atoms with E-state index in [1.54, 1.807) is 25.1 Å². The Morgan fingerprint density at radius 3 is 2.41 bits per heavy atom. The summed E-state index contributed by atoms with van der Waals surface area (Å²) in [5.74, 6) is -2.92. The van der Waals surface area contributed by atoms with Gasteiger partial charge in [-0.3, -0.25) is 0 Å². The highest BCUT2D eigenvalue weighted by atomic mass is 19.2. The van der Waals surface area contributed by atoms with Crippen LogP contribution in [0, 0.1) is 29.2 Å². The maximum Gasteiger partial charge on any atom is 0.200 e. The lowest BCUT2D eigenvalue weighted by Crippen LogP contribution is -2.13. The molecular weight excluding hydrogens is 380 g/mol. The van der Waals surface area contributed by atoms with Crippen LogP contribution in [0.5, 0.6) is 5.75 Å². The molecule has 2 aromatic rings. The summed E-state index contributed by atoms with van der Waals surface area (Å²) in [4.78, 5) is 0. The molecule has 0 spiro atoms. The van der Waals surface area contributed by atoms with Crippen LogP contribution in [0.25, 0.3) is 0 Å². The third-order valence-electron chi connectivity index (χ3n) is 5.61. The third-order valence-corrected chi connectivity index (χ3v) is 5.61. The minimum Gasteiger partial charge on any atom is -0.491 e. The van der Waals surface area contributed by atoms with Gasteiger partial charge in [-0.15, -0.1) is 0 Å². The van der Waals surface area contributed by atoms with Crippen LogP contribution in [0.15, 0.2) is 42.5 Å². The van der Waals surface area contributed by atoms with Crippen molar-refractivity contribution in [2.75, 3.05) is 6.61 Å². The van der Waals surface area contributed by atoms with Crippen molar-refractivity contribution in [3.8, 4) is 5.75 Å². The second kappa shape index (κ2) is 9.95. The van der Waals surface area contributed by atoms with E-state index < -0.39 is 23.3 Å². The lowest BCUT2D eigenvalue weighted by atomic mass is 9.78. The molecule has 1 aliphatic carbocycles. The van der Waals surface area contributed by atoms with Crippen molar-refractivity contribution in [3.05, 3.63) is 76.9 Å². The first-order valence-corrected chi connectivity index (χ1v) is 10.2. The SMILES string of the molecule is CCOc1ccc(CC/C=C/C2CCC(c3cccc(F)c3F)CC2)c(F)c1F. The molecule has 0 bridgehead atoms. The molecule has 5 heteroatoms. The Hall–Kier alpha value is -2.30. The first-order valence-electron chi connectivity index (χ1n) is 10.2. The highest BCUT2D eigenvalue weighted by molar-refractivity contribution is 5.31. The van der Waals surface area contributed by atoms with Gasteiger partial charge in [-0.05, 0) is 80.5 Å². The fourth-order valence-corrected chi connectivity index (χ4v) is 4.02. The van der Waals surface area contributed by atoms with E-state index in [-0.39, 0.29) is 18.3 Å². The maximum absolute atomic E-state index is 14.1. The van der Waals surface area contributed by atoms with Crippen molar-refractivity contribution in [1.29, 1.82) is 0 Å². The summed E-state index contributed by atoms with van der Waals surface area (Å²) in [5, 5.41) is 0. The lowest BCUT2D eigenvalue weighted by Gasteiger charge is -2.27. The predicted molar refractivity (Wildman–Crippen MR) is 106 cm³/mol. The minimum absolute atomic E-state index is 0.0521. The largest absolute Gasteiger partial charge is 0.491 e. The Labute approximate surface area is 169 Å². The molecule has 0 amide bonds. The van der Waals surface area contributed by atoms with E-state index in [1.165, 1.54) is 6.07 Å². The van der Waals surface area contributed by atoms with Crippen LogP contribution in [-0.2, 0) is 6.42 Å². The molecule has 1 saturated carbocycles. The van der Waals surface area contributed by atoms with Crippen LogP contribution < -0.4 is 4.74 Å². The molecule has 0 unspecified atom stereocenters. The van der Waals surface area contributed by atoms with Gasteiger partial charge in [0.2, 0.25) is 5.82 Å².